The Balaban J connectivity index is 2.08. The molecule has 1 aromatic carbocycles. The molecular weight excluding hydrogens is 286 g/mol. The number of benzene rings is 1. The predicted molar refractivity (Wildman–Crippen MR) is 89.7 cm³/mol. The first-order valence-electron chi connectivity index (χ1n) is 6.22. The Morgan fingerprint density at radius 1 is 1.00 bits per heavy atom. The Morgan fingerprint density at radius 2 is 1.60 bits per heavy atom. The first kappa shape index (κ1) is 13.1. The number of para-hydroxylation sites is 2. The molecule has 0 atom stereocenters. The Kier molecular flexibility index (Phi) is 3.71. The third kappa shape index (κ3) is 2.42. The molecule has 1 aliphatic heterocycles. The lowest BCUT2D eigenvalue weighted by Gasteiger charge is -2.06. The summed E-state index contributed by atoms with van der Waals surface area (Å²) in [5, 5.41) is 6.79. The number of anilines is 2. The van der Waals surface area contributed by atoms with Crippen molar-refractivity contribution in [2.24, 2.45) is 0 Å². The van der Waals surface area contributed by atoms with Crippen molar-refractivity contribution in [1.82, 2.24) is 0 Å². The Labute approximate surface area is 127 Å². The van der Waals surface area contributed by atoms with E-state index < -0.39 is 0 Å². The molecule has 0 radical (unpaired) electrons. The number of rotatable bonds is 2. The molecule has 2 N–H and O–H groups in total. The standard InChI is InChI=1S/C15H13N3S2/c1-20-15(19)13(18-9-5-2-6-10-18)14-16-11-7-3-4-8-12(11)17-14/h2-10H,1H3,(H-,16,17,19)/p+1. The summed E-state index contributed by atoms with van der Waals surface area (Å²) in [5.41, 5.74) is 3.10. The lowest BCUT2D eigenvalue weighted by atomic mass is 10.3. The van der Waals surface area contributed by atoms with E-state index in [4.69, 9.17) is 12.2 Å². The summed E-state index contributed by atoms with van der Waals surface area (Å²) in [5.74, 6) is 0.918. The summed E-state index contributed by atoms with van der Waals surface area (Å²) < 4.78 is 2.86. The molecule has 0 amide bonds. The second-order valence-electron chi connectivity index (χ2n) is 4.29. The summed E-state index contributed by atoms with van der Waals surface area (Å²) in [4.78, 5) is 0. The number of pyridine rings is 1. The summed E-state index contributed by atoms with van der Waals surface area (Å²) >= 11 is 7.08. The Morgan fingerprint density at radius 3 is 2.15 bits per heavy atom. The van der Waals surface area contributed by atoms with Gasteiger partial charge in [-0.05, 0) is 18.4 Å². The van der Waals surface area contributed by atoms with E-state index in [-0.39, 0.29) is 0 Å². The van der Waals surface area contributed by atoms with Crippen LogP contribution in [0.3, 0.4) is 0 Å². The third-order valence-corrected chi connectivity index (χ3v) is 4.29. The maximum Gasteiger partial charge on any atom is 0.276 e. The summed E-state index contributed by atoms with van der Waals surface area (Å²) in [6, 6.07) is 14.1. The molecule has 0 aliphatic carbocycles. The average molecular weight is 300 g/mol. The highest BCUT2D eigenvalue weighted by molar-refractivity contribution is 8.23. The van der Waals surface area contributed by atoms with Crippen LogP contribution in [0.25, 0.3) is 5.70 Å². The molecule has 5 heteroatoms. The van der Waals surface area contributed by atoms with Gasteiger partial charge in [-0.15, -0.1) is 11.8 Å². The number of hydrogen-bond donors (Lipinski definition) is 2. The van der Waals surface area contributed by atoms with E-state index >= 15 is 0 Å². The van der Waals surface area contributed by atoms with Gasteiger partial charge in [-0.1, -0.05) is 30.4 Å². The molecule has 0 fully saturated rings. The summed E-state index contributed by atoms with van der Waals surface area (Å²) in [7, 11) is 0. The van der Waals surface area contributed by atoms with E-state index in [0.29, 0.717) is 0 Å². The maximum absolute atomic E-state index is 5.51. The van der Waals surface area contributed by atoms with Gasteiger partial charge in [0, 0.05) is 12.1 Å². The topological polar surface area (TPSA) is 27.9 Å². The van der Waals surface area contributed by atoms with Crippen molar-refractivity contribution in [3.8, 4) is 0 Å². The van der Waals surface area contributed by atoms with Gasteiger partial charge >= 0.3 is 0 Å². The second-order valence-corrected chi connectivity index (χ2v) is 5.78. The van der Waals surface area contributed by atoms with Crippen LogP contribution in [0.1, 0.15) is 0 Å². The first-order valence-corrected chi connectivity index (χ1v) is 7.85. The van der Waals surface area contributed by atoms with Crippen LogP contribution < -0.4 is 15.2 Å². The molecule has 2 heterocycles. The number of thiocarbonyl (C=S) groups is 1. The van der Waals surface area contributed by atoms with Gasteiger partial charge < -0.3 is 10.6 Å². The van der Waals surface area contributed by atoms with Crippen molar-refractivity contribution >= 4 is 45.2 Å². The number of thioether (sulfide) groups is 1. The highest BCUT2D eigenvalue weighted by Crippen LogP contribution is 2.31. The minimum atomic E-state index is 0.837. The van der Waals surface area contributed by atoms with Gasteiger partial charge in [0.2, 0.25) is 0 Å². The van der Waals surface area contributed by atoms with E-state index in [1.54, 1.807) is 11.8 Å². The zero-order valence-corrected chi connectivity index (χ0v) is 12.6. The van der Waals surface area contributed by atoms with E-state index in [9.17, 15) is 0 Å². The molecule has 3 rings (SSSR count). The molecular formula is C15H14N3S2+. The highest BCUT2D eigenvalue weighted by atomic mass is 32.2. The Bertz CT molecular complexity index is 654. The molecule has 0 bridgehead atoms. The van der Waals surface area contributed by atoms with Crippen LogP contribution >= 0.6 is 24.0 Å². The van der Waals surface area contributed by atoms with Crippen molar-refractivity contribution in [2.45, 2.75) is 0 Å². The maximum atomic E-state index is 5.51. The van der Waals surface area contributed by atoms with Crippen molar-refractivity contribution in [3.05, 3.63) is 60.7 Å². The van der Waals surface area contributed by atoms with Gasteiger partial charge in [0.05, 0.1) is 11.4 Å². The van der Waals surface area contributed by atoms with Crippen LogP contribution in [0.5, 0.6) is 0 Å². The van der Waals surface area contributed by atoms with E-state index in [1.165, 1.54) is 0 Å². The summed E-state index contributed by atoms with van der Waals surface area (Å²) in [6.45, 7) is 0. The minimum absolute atomic E-state index is 0.837. The number of nitrogens with one attached hydrogen (secondary N) is 2. The first-order chi connectivity index (χ1) is 9.79. The highest BCUT2D eigenvalue weighted by Gasteiger charge is 2.26. The van der Waals surface area contributed by atoms with Crippen molar-refractivity contribution in [2.75, 3.05) is 16.9 Å². The predicted octanol–water partition coefficient (Wildman–Crippen LogP) is 3.33. The lowest BCUT2D eigenvalue weighted by Crippen LogP contribution is -2.36. The van der Waals surface area contributed by atoms with E-state index in [2.05, 4.69) is 10.6 Å². The lowest BCUT2D eigenvalue weighted by molar-refractivity contribution is -0.576. The van der Waals surface area contributed by atoms with Crippen LogP contribution in [0.4, 0.5) is 11.4 Å². The molecule has 0 saturated heterocycles. The van der Waals surface area contributed by atoms with Gasteiger partial charge in [0.1, 0.15) is 4.20 Å². The van der Waals surface area contributed by atoms with Gasteiger partial charge in [-0.25, -0.2) is 0 Å². The molecule has 1 aliphatic rings. The van der Waals surface area contributed by atoms with Gasteiger partial charge in [-0.3, -0.25) is 0 Å². The van der Waals surface area contributed by atoms with Crippen molar-refractivity contribution in [1.29, 1.82) is 0 Å². The average Bonchev–Trinajstić information content (AvgIpc) is 2.91. The van der Waals surface area contributed by atoms with E-state index in [0.717, 1.165) is 27.1 Å². The van der Waals surface area contributed by atoms with Crippen molar-refractivity contribution < 1.29 is 4.57 Å². The largest absolute Gasteiger partial charge is 0.334 e. The number of hydrogen-bond acceptors (Lipinski definition) is 4. The number of fused-ring (bicyclic) bond motifs is 1. The molecule has 1 aromatic heterocycles. The molecule has 3 nitrogen and oxygen atoms in total. The fourth-order valence-electron chi connectivity index (χ4n) is 2.10. The molecule has 0 spiro atoms. The molecule has 0 saturated carbocycles. The zero-order chi connectivity index (χ0) is 13.9. The molecule has 0 unspecified atom stereocenters. The smallest absolute Gasteiger partial charge is 0.276 e. The van der Waals surface area contributed by atoms with Crippen LogP contribution in [-0.4, -0.2) is 10.5 Å². The van der Waals surface area contributed by atoms with Crippen molar-refractivity contribution in [3.63, 3.8) is 0 Å². The quantitative estimate of drug-likeness (QED) is 0.505. The van der Waals surface area contributed by atoms with Crippen LogP contribution in [0.2, 0.25) is 0 Å². The zero-order valence-electron chi connectivity index (χ0n) is 11.0. The minimum Gasteiger partial charge on any atom is -0.334 e. The number of nitrogens with zero attached hydrogens (tertiary/aromatic N) is 1. The number of aromatic nitrogens is 1. The fraction of sp³-hybridized carbons (Fsp3) is 0.0667. The SMILES string of the molecule is CSC(=S)C(=C1Nc2ccccc2N1)[n+]1ccccc1. The molecule has 20 heavy (non-hydrogen) atoms. The second kappa shape index (κ2) is 5.64. The summed E-state index contributed by atoms with van der Waals surface area (Å²) in [6.07, 6.45) is 5.99. The van der Waals surface area contributed by atoms with Crippen LogP contribution in [0.15, 0.2) is 60.7 Å². The normalized spacial score (nSPS) is 12.3. The van der Waals surface area contributed by atoms with E-state index in [1.807, 2.05) is 65.7 Å². The van der Waals surface area contributed by atoms with Crippen LogP contribution in [-0.2, 0) is 0 Å². The molecule has 2 aromatic rings. The van der Waals surface area contributed by atoms with Gasteiger partial charge in [0.25, 0.3) is 5.70 Å². The van der Waals surface area contributed by atoms with Gasteiger partial charge in [-0.2, -0.15) is 4.57 Å². The third-order valence-electron chi connectivity index (χ3n) is 3.04. The fourth-order valence-corrected chi connectivity index (χ4v) is 2.71. The monoisotopic (exact) mass is 300 g/mol. The van der Waals surface area contributed by atoms with Crippen LogP contribution in [0, 0.1) is 0 Å². The Hall–Kier alpha value is -1.85. The molecule has 100 valence electrons. The van der Waals surface area contributed by atoms with Gasteiger partial charge in [0.15, 0.2) is 18.2 Å².